The predicted molar refractivity (Wildman–Crippen MR) is 431 cm³/mol. The fourth-order valence-electron chi connectivity index (χ4n) is 12.5. The molecule has 1 radical (unpaired) electrons. The molecular weight excluding hydrogens is 1510 g/mol. The van der Waals surface area contributed by atoms with E-state index in [1.165, 1.54) is 0 Å². The number of hydrogen-bond acceptors (Lipinski definition) is 17. The number of H-pyrrole nitrogens is 2. The van der Waals surface area contributed by atoms with E-state index < -0.39 is 12.1 Å². The molecular formula is C90H79CoF3N9O12-. The van der Waals surface area contributed by atoms with Gasteiger partial charge in [0, 0.05) is 121 Å². The van der Waals surface area contributed by atoms with Gasteiger partial charge in [-0.3, -0.25) is 19.6 Å². The number of rotatable bonds is 12. The van der Waals surface area contributed by atoms with Gasteiger partial charge in [-0.25, -0.2) is 9.97 Å². The number of aliphatic carboxylic acids is 1. The molecule has 3 aliphatic rings. The first-order chi connectivity index (χ1) is 55.8. The Hall–Kier alpha value is -12.9. The van der Waals surface area contributed by atoms with Crippen LogP contribution in [0.4, 0.5) is 24.5 Å². The number of aromatic nitrogens is 6. The quantitative estimate of drug-likeness (QED) is 0.0761. The van der Waals surface area contributed by atoms with E-state index in [0.717, 1.165) is 100 Å². The number of para-hydroxylation sites is 2. The number of anilines is 2. The monoisotopic (exact) mass is 1590 g/mol. The van der Waals surface area contributed by atoms with Gasteiger partial charge in [0.15, 0.2) is 23.0 Å². The zero-order valence-corrected chi connectivity index (χ0v) is 63.2. The van der Waals surface area contributed by atoms with Gasteiger partial charge in [0.2, 0.25) is 0 Å². The second-order valence-electron chi connectivity index (χ2n) is 25.7. The summed E-state index contributed by atoms with van der Waals surface area (Å²) in [6.07, 6.45) is 9.77. The topological polar surface area (TPSA) is 267 Å². The number of carbonyl (C=O) groups is 3. The molecule has 0 unspecified atom stereocenters. The van der Waals surface area contributed by atoms with Crippen LogP contribution in [0.25, 0.3) is 90.9 Å². The number of amides is 2. The predicted octanol–water partition coefficient (Wildman–Crippen LogP) is 16.2. The maximum atomic E-state index is 12.3. The van der Waals surface area contributed by atoms with Crippen LogP contribution in [-0.2, 0) is 53.6 Å². The summed E-state index contributed by atoms with van der Waals surface area (Å²) in [7, 11) is 0. The van der Waals surface area contributed by atoms with E-state index in [1.54, 1.807) is 49.1 Å². The number of carbonyl (C=O) groups excluding carboxylic acids is 3. The molecule has 21 nitrogen and oxygen atoms in total. The SMILES string of the molecule is C1=Cc2nc1c(-c1ccccc1)c1ccc([nH]1)c(-c1ccccc1)c1nc(c(-c3ccc4c(c3)OCCOCCOCCOc3ccccc3OCCOCCOCCO4)c3ccc([nH]3)c2-c2ccccc2)C=C1.O=C(Nc1ccncc1)c1ccc(CNCc2ccc(C(=O)Nc3ccncc3)cc2)cc1.O=C([O-])C(F)(F)F.[Co]. The zero-order valence-electron chi connectivity index (χ0n) is 62.1. The molecule has 0 fully saturated rings. The maximum Gasteiger partial charge on any atom is 0.430 e. The fourth-order valence-corrected chi connectivity index (χ4v) is 12.5. The van der Waals surface area contributed by atoms with Gasteiger partial charge in [0.05, 0.1) is 75.6 Å². The van der Waals surface area contributed by atoms with Crippen molar-refractivity contribution in [3.05, 3.63) is 300 Å². The Bertz CT molecular complexity index is 5320. The smallest absolute Gasteiger partial charge is 0.430 e. The number of benzene rings is 7. The molecule has 5 aromatic heterocycles. The van der Waals surface area contributed by atoms with Crippen LogP contribution in [0.3, 0.4) is 0 Å². The van der Waals surface area contributed by atoms with Crippen LogP contribution in [0.1, 0.15) is 54.6 Å². The van der Waals surface area contributed by atoms with Crippen molar-refractivity contribution < 1.29 is 87.3 Å². The Morgan fingerprint density at radius 2 is 0.670 bits per heavy atom. The van der Waals surface area contributed by atoms with E-state index in [9.17, 15) is 22.8 Å². The molecule has 587 valence electrons. The van der Waals surface area contributed by atoms with Crippen LogP contribution in [0.15, 0.2) is 255 Å². The Kier molecular flexibility index (Phi) is 29.2. The second-order valence-corrected chi connectivity index (χ2v) is 25.7. The summed E-state index contributed by atoms with van der Waals surface area (Å²) in [5, 5.41) is 17.8. The van der Waals surface area contributed by atoms with E-state index >= 15 is 0 Å². The summed E-state index contributed by atoms with van der Waals surface area (Å²) in [4.78, 5) is 59.9. The van der Waals surface area contributed by atoms with Gasteiger partial charge in [-0.2, -0.15) is 13.2 Å². The Morgan fingerprint density at radius 3 is 1.01 bits per heavy atom. The van der Waals surface area contributed by atoms with Crippen LogP contribution in [0.2, 0.25) is 0 Å². The number of hydrogen-bond donors (Lipinski definition) is 5. The molecule has 5 N–H and O–H groups in total. The molecule has 15 rings (SSSR count). The average Bonchev–Trinajstić information content (AvgIpc) is 1.61. The Balaban J connectivity index is 0.000000247. The van der Waals surface area contributed by atoms with E-state index in [0.29, 0.717) is 131 Å². The van der Waals surface area contributed by atoms with Crippen molar-refractivity contribution in [3.8, 4) is 67.5 Å². The first-order valence-corrected chi connectivity index (χ1v) is 36.8. The normalized spacial score (nSPS) is 13.3. The number of alkyl halides is 3. The molecule has 0 atom stereocenters. The number of pyridine rings is 2. The molecule has 115 heavy (non-hydrogen) atoms. The summed E-state index contributed by atoms with van der Waals surface area (Å²) in [5.74, 6) is -0.877. The van der Waals surface area contributed by atoms with Crippen molar-refractivity contribution in [2.45, 2.75) is 19.3 Å². The third-order valence-electron chi connectivity index (χ3n) is 17.9. The van der Waals surface area contributed by atoms with Crippen LogP contribution in [0, 0.1) is 0 Å². The molecule has 8 heterocycles. The molecule has 0 saturated heterocycles. The van der Waals surface area contributed by atoms with Crippen LogP contribution >= 0.6 is 0 Å². The minimum atomic E-state index is -5.19. The molecule has 0 spiro atoms. The van der Waals surface area contributed by atoms with Gasteiger partial charge in [-0.15, -0.1) is 0 Å². The number of nitrogens with zero attached hydrogens (tertiary/aromatic N) is 4. The summed E-state index contributed by atoms with van der Waals surface area (Å²) >= 11 is 0. The van der Waals surface area contributed by atoms with Crippen LogP contribution in [0.5, 0.6) is 23.0 Å². The van der Waals surface area contributed by atoms with Gasteiger partial charge >= 0.3 is 6.18 Å². The zero-order chi connectivity index (χ0) is 78.7. The summed E-state index contributed by atoms with van der Waals surface area (Å²) in [6, 6.07) is 75.4. The number of fused-ring (bicyclic) bond motifs is 10. The summed E-state index contributed by atoms with van der Waals surface area (Å²) in [6.45, 7) is 5.75. The fraction of sp³-hybridized carbons (Fsp3) is 0.167. The number of ether oxygens (including phenoxy) is 8. The van der Waals surface area contributed by atoms with Crippen LogP contribution in [-0.4, -0.2) is 133 Å². The number of nitrogens with one attached hydrogen (secondary N) is 5. The van der Waals surface area contributed by atoms with Gasteiger partial charge in [0.25, 0.3) is 11.8 Å². The Morgan fingerprint density at radius 1 is 0.365 bits per heavy atom. The molecule has 0 aliphatic carbocycles. The first-order valence-electron chi connectivity index (χ1n) is 36.8. The van der Waals surface area contributed by atoms with E-state index in [2.05, 4.69) is 163 Å². The number of carboxylic acid groups (broad SMARTS) is 1. The number of aromatic amines is 2. The summed E-state index contributed by atoms with van der Waals surface area (Å²) in [5.41, 5.74) is 19.5. The third-order valence-corrected chi connectivity index (χ3v) is 17.9. The van der Waals surface area contributed by atoms with E-state index in [-0.39, 0.29) is 35.2 Å². The average molecular weight is 1590 g/mol. The van der Waals surface area contributed by atoms with Crippen molar-refractivity contribution in [3.63, 3.8) is 0 Å². The van der Waals surface area contributed by atoms with Crippen molar-refractivity contribution in [1.82, 2.24) is 35.2 Å². The molecule has 25 heteroatoms. The van der Waals surface area contributed by atoms with E-state index in [1.807, 2.05) is 103 Å². The third kappa shape index (κ3) is 22.7. The van der Waals surface area contributed by atoms with Gasteiger partial charge < -0.3 is 73.7 Å². The molecule has 0 saturated carbocycles. The van der Waals surface area contributed by atoms with Crippen molar-refractivity contribution in [2.75, 3.05) is 89.9 Å². The molecule has 2 amide bonds. The van der Waals surface area contributed by atoms with Crippen LogP contribution < -0.4 is 40.0 Å². The summed E-state index contributed by atoms with van der Waals surface area (Å²) < 4.78 is 79.8. The minimum absolute atomic E-state index is 0. The van der Waals surface area contributed by atoms with Gasteiger partial charge in [0.1, 0.15) is 32.4 Å². The van der Waals surface area contributed by atoms with Gasteiger partial charge in [-0.05, 0) is 155 Å². The number of carboxylic acids is 1. The Labute approximate surface area is 671 Å². The number of halogens is 3. The minimum Gasteiger partial charge on any atom is -0.542 e. The molecule has 12 aromatic rings. The second kappa shape index (κ2) is 41.1. The van der Waals surface area contributed by atoms with Crippen molar-refractivity contribution in [1.29, 1.82) is 0 Å². The maximum absolute atomic E-state index is 12.3. The molecule has 3 aliphatic heterocycles. The van der Waals surface area contributed by atoms with Gasteiger partial charge in [-0.1, -0.05) is 133 Å². The van der Waals surface area contributed by atoms with E-state index in [4.69, 9.17) is 57.8 Å². The first kappa shape index (κ1) is 81.6. The van der Waals surface area contributed by atoms with Crippen molar-refractivity contribution >= 4 is 75.5 Å². The van der Waals surface area contributed by atoms with Crippen molar-refractivity contribution in [2.24, 2.45) is 0 Å². The largest absolute Gasteiger partial charge is 0.542 e. The molecule has 7 aromatic carbocycles. The molecule has 8 bridgehead atoms. The standard InChI is InChI=1S/C62H56N4O8.C26H23N5O2.C2HF3O2.Co/c1-4-12-43(13-5-1)59-47-21-23-49(63-47)60(44-14-6-2-7-15-44)51-25-27-53(65-51)62(54-28-26-52(66-54)61(45-16-8-3-9-17-45)50-24-22-48(59)64-50)46-20-29-57-58(42-46)74-41-37-70-33-32-68-35-39-72-56-19-11-10-18-55(56)71-38-34-67-30-31-69-36-40-73-57;32-25(30-23-9-13-27-14-10-23)21-5-1-19(2-6-21)17-29-18-20-3-7-22(8-4-20)26(33)31-24-11-15-28-16-12-24;3-2(4,5)1(6)7;/h1-29,42,63,66H,30-41H2;1-16,29H,17-18H2,(H,27,30,32)(H,28,31,33);(H,6,7);/p-1.